The highest BCUT2D eigenvalue weighted by Gasteiger charge is 2.38. The molecule has 0 aliphatic carbocycles. The summed E-state index contributed by atoms with van der Waals surface area (Å²) >= 11 is 0. The summed E-state index contributed by atoms with van der Waals surface area (Å²) in [5.41, 5.74) is 3.10. The molecule has 1 aromatic carbocycles. The molecule has 0 saturated carbocycles. The summed E-state index contributed by atoms with van der Waals surface area (Å²) in [6, 6.07) is 8.75. The molecule has 3 rings (SSSR count). The molecule has 2 saturated heterocycles. The highest BCUT2D eigenvalue weighted by atomic mass is 16.1. The number of likely N-dealkylation sites (tertiary alicyclic amines) is 1. The number of amides is 1. The predicted molar refractivity (Wildman–Crippen MR) is 117 cm³/mol. The first-order valence-electron chi connectivity index (χ1n) is 11.0. The molecule has 28 heavy (non-hydrogen) atoms. The van der Waals surface area contributed by atoms with Crippen molar-refractivity contribution in [3.63, 3.8) is 0 Å². The Bertz CT molecular complexity index is 666. The maximum Gasteiger partial charge on any atom is 0.220 e. The van der Waals surface area contributed by atoms with Crippen LogP contribution >= 0.6 is 0 Å². The molecule has 0 spiro atoms. The summed E-state index contributed by atoms with van der Waals surface area (Å²) < 4.78 is 0. The lowest BCUT2D eigenvalue weighted by Crippen LogP contribution is -2.58. The molecule has 4 nitrogen and oxygen atoms in total. The van der Waals surface area contributed by atoms with Crippen LogP contribution in [0, 0.1) is 12.8 Å². The van der Waals surface area contributed by atoms with Crippen molar-refractivity contribution in [2.75, 3.05) is 26.2 Å². The van der Waals surface area contributed by atoms with E-state index in [0.717, 1.165) is 39.0 Å². The monoisotopic (exact) mass is 385 g/mol. The van der Waals surface area contributed by atoms with Crippen molar-refractivity contribution >= 4 is 5.91 Å². The lowest BCUT2D eigenvalue weighted by molar-refractivity contribution is -0.122. The summed E-state index contributed by atoms with van der Waals surface area (Å²) in [5.74, 6) is 1.31. The number of piperidine rings is 1. The molecule has 2 aliphatic rings. The van der Waals surface area contributed by atoms with Gasteiger partial charge < -0.3 is 15.5 Å². The number of carbonyl (C=O) groups is 1. The van der Waals surface area contributed by atoms with Gasteiger partial charge in [-0.1, -0.05) is 24.3 Å². The number of hydrogen-bond acceptors (Lipinski definition) is 3. The third-order valence-corrected chi connectivity index (χ3v) is 6.40. The van der Waals surface area contributed by atoms with Crippen LogP contribution in [0.25, 0.3) is 0 Å². The Morgan fingerprint density at radius 1 is 1.18 bits per heavy atom. The van der Waals surface area contributed by atoms with Gasteiger partial charge in [0.1, 0.15) is 0 Å². The summed E-state index contributed by atoms with van der Waals surface area (Å²) in [6.07, 6.45) is 4.00. The highest BCUT2D eigenvalue weighted by molar-refractivity contribution is 5.76. The first-order valence-corrected chi connectivity index (χ1v) is 11.0. The molecule has 0 radical (unpaired) electrons. The Morgan fingerprint density at radius 3 is 2.54 bits per heavy atom. The van der Waals surface area contributed by atoms with Gasteiger partial charge in [-0.15, -0.1) is 0 Å². The van der Waals surface area contributed by atoms with Crippen LogP contribution in [-0.2, 0) is 4.79 Å². The average molecular weight is 386 g/mol. The van der Waals surface area contributed by atoms with Gasteiger partial charge in [0.15, 0.2) is 0 Å². The van der Waals surface area contributed by atoms with Crippen LogP contribution in [-0.4, -0.2) is 48.1 Å². The van der Waals surface area contributed by atoms with E-state index in [2.05, 4.69) is 74.4 Å². The first-order chi connectivity index (χ1) is 13.1. The van der Waals surface area contributed by atoms with Crippen molar-refractivity contribution in [2.24, 2.45) is 5.92 Å². The molecule has 2 N–H and O–H groups in total. The Morgan fingerprint density at radius 2 is 1.86 bits per heavy atom. The molecule has 0 unspecified atom stereocenters. The number of hydrogen-bond donors (Lipinski definition) is 2. The van der Waals surface area contributed by atoms with E-state index in [4.69, 9.17) is 0 Å². The van der Waals surface area contributed by atoms with Crippen LogP contribution < -0.4 is 10.6 Å². The largest absolute Gasteiger partial charge is 0.355 e. The standard InChI is InChI=1S/C24H39N3O/c1-18-8-6-7-9-21(18)20-10-12-27(17-20)13-11-25-22(28)14-19-15-23(2,3)26-24(4,5)16-19/h6-9,19-20,26H,10-17H2,1-5H3,(H,25,28)/t20-/m0/s1. The van der Waals surface area contributed by atoms with Gasteiger partial charge in [-0.25, -0.2) is 0 Å². The molecular weight excluding hydrogens is 346 g/mol. The van der Waals surface area contributed by atoms with Crippen LogP contribution in [0.4, 0.5) is 0 Å². The topological polar surface area (TPSA) is 44.4 Å². The lowest BCUT2D eigenvalue weighted by Gasteiger charge is -2.46. The number of aryl methyl sites for hydroxylation is 1. The van der Waals surface area contributed by atoms with Gasteiger partial charge in [0.05, 0.1) is 0 Å². The van der Waals surface area contributed by atoms with Crippen LogP contribution in [0.15, 0.2) is 24.3 Å². The predicted octanol–water partition coefficient (Wildman–Crippen LogP) is 3.85. The molecule has 1 amide bonds. The molecule has 1 atom stereocenters. The second-order valence-electron chi connectivity index (χ2n) is 10.4. The summed E-state index contributed by atoms with van der Waals surface area (Å²) in [7, 11) is 0. The third-order valence-electron chi connectivity index (χ3n) is 6.40. The molecule has 2 fully saturated rings. The molecule has 2 aliphatic heterocycles. The van der Waals surface area contributed by atoms with Gasteiger partial charge in [0.2, 0.25) is 5.91 Å². The third kappa shape index (κ3) is 5.81. The minimum absolute atomic E-state index is 0.104. The molecule has 0 bridgehead atoms. The van der Waals surface area contributed by atoms with Gasteiger partial charge in [0, 0.05) is 37.1 Å². The van der Waals surface area contributed by atoms with Crippen molar-refractivity contribution < 1.29 is 4.79 Å². The first kappa shape index (κ1) is 21.3. The Labute approximate surface area is 171 Å². The van der Waals surface area contributed by atoms with Gasteiger partial charge in [-0.05, 0) is 83.4 Å². The second kappa shape index (κ2) is 8.54. The molecule has 156 valence electrons. The highest BCUT2D eigenvalue weighted by Crippen LogP contribution is 2.34. The quantitative estimate of drug-likeness (QED) is 0.782. The van der Waals surface area contributed by atoms with Crippen molar-refractivity contribution in [2.45, 2.75) is 77.3 Å². The number of nitrogens with one attached hydrogen (secondary N) is 2. The van der Waals surface area contributed by atoms with E-state index in [0.29, 0.717) is 18.3 Å². The number of carbonyl (C=O) groups excluding carboxylic acids is 1. The van der Waals surface area contributed by atoms with E-state index in [1.54, 1.807) is 0 Å². The number of benzene rings is 1. The maximum atomic E-state index is 12.5. The zero-order chi connectivity index (χ0) is 20.4. The smallest absolute Gasteiger partial charge is 0.220 e. The minimum atomic E-state index is 0.104. The number of nitrogens with zero attached hydrogens (tertiary/aromatic N) is 1. The van der Waals surface area contributed by atoms with Gasteiger partial charge in [-0.2, -0.15) is 0 Å². The zero-order valence-electron chi connectivity index (χ0n) is 18.5. The Balaban J connectivity index is 1.40. The van der Waals surface area contributed by atoms with Gasteiger partial charge in [0.25, 0.3) is 0 Å². The fraction of sp³-hybridized carbons (Fsp3) is 0.708. The fourth-order valence-electron chi connectivity index (χ4n) is 5.70. The van der Waals surface area contributed by atoms with E-state index in [1.165, 1.54) is 17.5 Å². The zero-order valence-corrected chi connectivity index (χ0v) is 18.5. The number of rotatable bonds is 6. The van der Waals surface area contributed by atoms with E-state index < -0.39 is 0 Å². The van der Waals surface area contributed by atoms with E-state index >= 15 is 0 Å². The molecular formula is C24H39N3O. The molecule has 1 aromatic rings. The van der Waals surface area contributed by atoms with Crippen LogP contribution in [0.1, 0.15) is 70.4 Å². The van der Waals surface area contributed by atoms with Crippen LogP contribution in [0.3, 0.4) is 0 Å². The Kier molecular flexibility index (Phi) is 6.51. The van der Waals surface area contributed by atoms with Gasteiger partial charge in [-0.3, -0.25) is 4.79 Å². The maximum absolute atomic E-state index is 12.5. The average Bonchev–Trinajstić information content (AvgIpc) is 3.00. The molecule has 4 heteroatoms. The van der Waals surface area contributed by atoms with Crippen molar-refractivity contribution in [3.8, 4) is 0 Å². The molecule has 0 aromatic heterocycles. The van der Waals surface area contributed by atoms with E-state index in [9.17, 15) is 4.79 Å². The summed E-state index contributed by atoms with van der Waals surface area (Å²) in [6.45, 7) is 15.2. The minimum Gasteiger partial charge on any atom is -0.355 e. The van der Waals surface area contributed by atoms with Crippen molar-refractivity contribution in [3.05, 3.63) is 35.4 Å². The van der Waals surface area contributed by atoms with E-state index in [-0.39, 0.29) is 17.0 Å². The van der Waals surface area contributed by atoms with Crippen LogP contribution in [0.5, 0.6) is 0 Å². The fourth-order valence-corrected chi connectivity index (χ4v) is 5.70. The molecule has 2 heterocycles. The van der Waals surface area contributed by atoms with E-state index in [1.807, 2.05) is 0 Å². The van der Waals surface area contributed by atoms with Crippen LogP contribution in [0.2, 0.25) is 0 Å². The SMILES string of the molecule is Cc1ccccc1[C@H]1CCN(CCNC(=O)CC2CC(C)(C)NC(C)(C)C2)C1. The lowest BCUT2D eigenvalue weighted by atomic mass is 9.74. The second-order valence-corrected chi connectivity index (χ2v) is 10.4. The van der Waals surface area contributed by atoms with Crippen molar-refractivity contribution in [1.82, 2.24) is 15.5 Å². The normalized spacial score (nSPS) is 25.0. The van der Waals surface area contributed by atoms with Crippen molar-refractivity contribution in [1.29, 1.82) is 0 Å². The summed E-state index contributed by atoms with van der Waals surface area (Å²) in [4.78, 5) is 15.0. The summed E-state index contributed by atoms with van der Waals surface area (Å²) in [5, 5.41) is 6.88. The van der Waals surface area contributed by atoms with Gasteiger partial charge >= 0.3 is 0 Å². The Hall–Kier alpha value is -1.39.